The lowest BCUT2D eigenvalue weighted by molar-refractivity contribution is -0.132. The molecule has 0 spiro atoms. The summed E-state index contributed by atoms with van der Waals surface area (Å²) >= 11 is 1.20. The van der Waals surface area contributed by atoms with E-state index in [0.29, 0.717) is 5.01 Å². The van der Waals surface area contributed by atoms with Crippen LogP contribution in [0.15, 0.2) is 5.38 Å². The van der Waals surface area contributed by atoms with Crippen LogP contribution < -0.4 is 11.1 Å². The highest BCUT2D eigenvalue weighted by Crippen LogP contribution is 2.18. The lowest BCUT2D eigenvalue weighted by Crippen LogP contribution is -2.28. The van der Waals surface area contributed by atoms with Crippen molar-refractivity contribution < 1.29 is 18.0 Å². The number of alkyl halides is 3. The van der Waals surface area contributed by atoms with Crippen LogP contribution >= 0.6 is 23.7 Å². The van der Waals surface area contributed by atoms with Crippen LogP contribution in [0.5, 0.6) is 0 Å². The van der Waals surface area contributed by atoms with E-state index in [2.05, 4.69) is 10.3 Å². The van der Waals surface area contributed by atoms with Crippen LogP contribution in [0.3, 0.4) is 0 Å². The second-order valence-electron chi connectivity index (χ2n) is 2.95. The second kappa shape index (κ2) is 6.77. The first-order valence-corrected chi connectivity index (χ1v) is 5.30. The molecule has 1 rings (SSSR count). The fourth-order valence-electron chi connectivity index (χ4n) is 0.917. The van der Waals surface area contributed by atoms with Crippen molar-refractivity contribution in [2.24, 2.45) is 5.73 Å². The average molecular weight is 290 g/mol. The number of thiazole rings is 1. The molecule has 4 nitrogen and oxygen atoms in total. The zero-order valence-electron chi connectivity index (χ0n) is 8.58. The van der Waals surface area contributed by atoms with Crippen molar-refractivity contribution in [3.05, 3.63) is 16.1 Å². The fraction of sp³-hybridized carbons (Fsp3) is 0.500. The summed E-state index contributed by atoms with van der Waals surface area (Å²) in [7, 11) is 0. The van der Waals surface area contributed by atoms with Crippen molar-refractivity contribution in [3.8, 4) is 0 Å². The lowest BCUT2D eigenvalue weighted by Gasteiger charge is -2.06. The number of carbonyl (C=O) groups excluding carboxylic acids is 1. The zero-order valence-corrected chi connectivity index (χ0v) is 10.2. The summed E-state index contributed by atoms with van der Waals surface area (Å²) in [6, 6.07) is 0. The van der Waals surface area contributed by atoms with Crippen molar-refractivity contribution >= 4 is 29.7 Å². The lowest BCUT2D eigenvalue weighted by atomic mass is 10.4. The predicted octanol–water partition coefficient (Wildman–Crippen LogP) is 1.71. The third-order valence-corrected chi connectivity index (χ3v) is 2.52. The Kier molecular flexibility index (Phi) is 6.43. The maximum atomic E-state index is 11.8. The predicted molar refractivity (Wildman–Crippen MR) is 60.3 cm³/mol. The molecule has 1 heterocycles. The standard InChI is InChI=1S/C8H10F3N3OS.ClH/c9-8(10,11)1-2-13-7(15)5-4-16-6(3-12)14-5;/h4H,1-3,12H2,(H,13,15);1H. The van der Waals surface area contributed by atoms with Gasteiger partial charge in [0.05, 0.1) is 6.42 Å². The topological polar surface area (TPSA) is 68.0 Å². The van der Waals surface area contributed by atoms with E-state index in [-0.39, 0.29) is 24.6 Å². The van der Waals surface area contributed by atoms with Gasteiger partial charge in [-0.1, -0.05) is 0 Å². The molecule has 0 saturated carbocycles. The van der Waals surface area contributed by atoms with Crippen molar-refractivity contribution in [1.29, 1.82) is 0 Å². The molecule has 0 atom stereocenters. The van der Waals surface area contributed by atoms with E-state index in [0.717, 1.165) is 0 Å². The van der Waals surface area contributed by atoms with E-state index < -0.39 is 25.0 Å². The normalized spacial score (nSPS) is 10.8. The maximum Gasteiger partial charge on any atom is 0.390 e. The molecular formula is C8H11ClF3N3OS. The van der Waals surface area contributed by atoms with Crippen LogP contribution in [0, 0.1) is 0 Å². The Morgan fingerprint density at radius 1 is 1.53 bits per heavy atom. The largest absolute Gasteiger partial charge is 0.390 e. The van der Waals surface area contributed by atoms with Crippen molar-refractivity contribution in [3.63, 3.8) is 0 Å². The van der Waals surface area contributed by atoms with Gasteiger partial charge in [0.25, 0.3) is 5.91 Å². The second-order valence-corrected chi connectivity index (χ2v) is 3.89. The van der Waals surface area contributed by atoms with Gasteiger partial charge in [-0.05, 0) is 0 Å². The van der Waals surface area contributed by atoms with Crippen molar-refractivity contribution in [1.82, 2.24) is 10.3 Å². The first-order valence-electron chi connectivity index (χ1n) is 4.42. The van der Waals surface area contributed by atoms with Gasteiger partial charge in [0.15, 0.2) is 0 Å². The Hall–Kier alpha value is -0.860. The fourth-order valence-corrected chi connectivity index (χ4v) is 1.57. The number of hydrogen-bond acceptors (Lipinski definition) is 4. The van der Waals surface area contributed by atoms with E-state index in [4.69, 9.17) is 5.73 Å². The van der Waals surface area contributed by atoms with E-state index in [1.54, 1.807) is 0 Å². The number of rotatable bonds is 4. The Balaban J connectivity index is 0.00000256. The number of halogens is 4. The number of aromatic nitrogens is 1. The monoisotopic (exact) mass is 289 g/mol. The highest BCUT2D eigenvalue weighted by Gasteiger charge is 2.26. The average Bonchev–Trinajstić information content (AvgIpc) is 2.63. The Morgan fingerprint density at radius 2 is 2.18 bits per heavy atom. The minimum Gasteiger partial charge on any atom is -0.350 e. The Labute approximate surface area is 106 Å². The van der Waals surface area contributed by atoms with Gasteiger partial charge >= 0.3 is 6.18 Å². The zero-order chi connectivity index (χ0) is 12.2. The SMILES string of the molecule is Cl.NCc1nc(C(=O)NCCC(F)(F)F)cs1. The molecule has 0 saturated heterocycles. The number of nitrogens with one attached hydrogen (secondary N) is 1. The van der Waals surface area contributed by atoms with E-state index in [1.807, 2.05) is 0 Å². The molecule has 1 amide bonds. The van der Waals surface area contributed by atoms with Crippen LogP contribution in [0.4, 0.5) is 13.2 Å². The first kappa shape index (κ1) is 16.1. The van der Waals surface area contributed by atoms with Crippen LogP contribution in [0.25, 0.3) is 0 Å². The minimum absolute atomic E-state index is 0. The molecule has 0 fully saturated rings. The molecule has 9 heteroatoms. The highest BCUT2D eigenvalue weighted by atomic mass is 35.5. The number of amides is 1. The number of nitrogens with zero attached hydrogens (tertiary/aromatic N) is 1. The number of nitrogens with two attached hydrogens (primary N) is 1. The molecule has 0 aliphatic rings. The molecule has 3 N–H and O–H groups in total. The van der Waals surface area contributed by atoms with Gasteiger partial charge in [-0.25, -0.2) is 4.98 Å². The molecule has 0 aromatic carbocycles. The van der Waals surface area contributed by atoms with E-state index in [9.17, 15) is 18.0 Å². The van der Waals surface area contributed by atoms with Crippen LogP contribution in [-0.2, 0) is 6.54 Å². The molecule has 98 valence electrons. The summed E-state index contributed by atoms with van der Waals surface area (Å²) in [5.74, 6) is -0.611. The summed E-state index contributed by atoms with van der Waals surface area (Å²) in [5.41, 5.74) is 5.39. The van der Waals surface area contributed by atoms with Gasteiger partial charge in [0, 0.05) is 18.5 Å². The summed E-state index contributed by atoms with van der Waals surface area (Å²) in [5, 5.41) is 4.17. The molecule has 17 heavy (non-hydrogen) atoms. The minimum atomic E-state index is -4.27. The molecular weight excluding hydrogens is 279 g/mol. The van der Waals surface area contributed by atoms with Crippen molar-refractivity contribution in [2.75, 3.05) is 6.54 Å². The Morgan fingerprint density at radius 3 is 2.65 bits per heavy atom. The van der Waals surface area contributed by atoms with Gasteiger partial charge in [-0.3, -0.25) is 4.79 Å². The van der Waals surface area contributed by atoms with Crippen LogP contribution in [-0.4, -0.2) is 23.6 Å². The van der Waals surface area contributed by atoms with Gasteiger partial charge in [-0.2, -0.15) is 13.2 Å². The molecule has 0 aliphatic heterocycles. The molecule has 0 bridgehead atoms. The molecule has 0 aliphatic carbocycles. The summed E-state index contributed by atoms with van der Waals surface area (Å²) < 4.78 is 35.4. The third kappa shape index (κ3) is 5.85. The summed E-state index contributed by atoms with van der Waals surface area (Å²) in [6.07, 6.45) is -5.32. The van der Waals surface area contributed by atoms with Gasteiger partial charge < -0.3 is 11.1 Å². The first-order chi connectivity index (χ1) is 7.42. The van der Waals surface area contributed by atoms with Gasteiger partial charge in [0.2, 0.25) is 0 Å². The third-order valence-electron chi connectivity index (χ3n) is 1.65. The van der Waals surface area contributed by atoms with Gasteiger partial charge in [-0.15, -0.1) is 23.7 Å². The Bertz CT molecular complexity index is 369. The van der Waals surface area contributed by atoms with Crippen molar-refractivity contribution in [2.45, 2.75) is 19.1 Å². The van der Waals surface area contributed by atoms with E-state index in [1.165, 1.54) is 16.7 Å². The smallest absolute Gasteiger partial charge is 0.350 e. The molecule has 0 radical (unpaired) electrons. The van der Waals surface area contributed by atoms with Crippen LogP contribution in [0.2, 0.25) is 0 Å². The summed E-state index contributed by atoms with van der Waals surface area (Å²) in [6.45, 7) is -0.238. The number of carbonyl (C=O) groups is 1. The summed E-state index contributed by atoms with van der Waals surface area (Å²) in [4.78, 5) is 15.1. The molecule has 1 aromatic rings. The molecule has 0 unspecified atom stereocenters. The maximum absolute atomic E-state index is 11.8. The van der Waals surface area contributed by atoms with Crippen LogP contribution in [0.1, 0.15) is 21.9 Å². The van der Waals surface area contributed by atoms with E-state index >= 15 is 0 Å². The van der Waals surface area contributed by atoms with Gasteiger partial charge in [0.1, 0.15) is 10.7 Å². The highest BCUT2D eigenvalue weighted by molar-refractivity contribution is 7.09. The molecule has 1 aromatic heterocycles. The number of hydrogen-bond donors (Lipinski definition) is 2. The quantitative estimate of drug-likeness (QED) is 0.886.